The number of aryl methyl sites for hydroxylation is 2. The van der Waals surface area contributed by atoms with Crippen molar-refractivity contribution < 1.29 is 5.11 Å². The van der Waals surface area contributed by atoms with Gasteiger partial charge in [0.1, 0.15) is 0 Å². The second kappa shape index (κ2) is 6.26. The predicted octanol–water partition coefficient (Wildman–Crippen LogP) is 4.02. The molecule has 0 spiro atoms. The Morgan fingerprint density at radius 3 is 2.83 bits per heavy atom. The SMILES string of the molecule is CCCCc1cn(CCCO)c2cc(Cl)ccc12. The molecule has 0 bridgehead atoms. The molecule has 1 N–H and O–H groups in total. The van der Waals surface area contributed by atoms with Crippen LogP contribution in [0.1, 0.15) is 31.7 Å². The maximum absolute atomic E-state index is 8.96. The van der Waals surface area contributed by atoms with E-state index in [1.165, 1.54) is 29.3 Å². The Kier molecular flexibility index (Phi) is 4.67. The van der Waals surface area contributed by atoms with Gasteiger partial charge in [-0.15, -0.1) is 0 Å². The molecule has 0 fully saturated rings. The number of hydrogen-bond acceptors (Lipinski definition) is 1. The largest absolute Gasteiger partial charge is 0.396 e. The van der Waals surface area contributed by atoms with Gasteiger partial charge in [0.25, 0.3) is 0 Å². The van der Waals surface area contributed by atoms with Crippen LogP contribution in [0.3, 0.4) is 0 Å². The minimum atomic E-state index is 0.227. The fraction of sp³-hybridized carbons (Fsp3) is 0.467. The van der Waals surface area contributed by atoms with E-state index in [1.807, 2.05) is 12.1 Å². The highest BCUT2D eigenvalue weighted by Gasteiger charge is 2.08. The van der Waals surface area contributed by atoms with Crippen LogP contribution >= 0.6 is 11.6 Å². The third-order valence-electron chi connectivity index (χ3n) is 3.28. The summed E-state index contributed by atoms with van der Waals surface area (Å²) in [5, 5.41) is 11.0. The summed E-state index contributed by atoms with van der Waals surface area (Å²) in [6, 6.07) is 6.08. The summed E-state index contributed by atoms with van der Waals surface area (Å²) in [6.45, 7) is 3.28. The molecule has 0 saturated heterocycles. The number of fused-ring (bicyclic) bond motifs is 1. The molecule has 2 nitrogen and oxygen atoms in total. The first-order chi connectivity index (χ1) is 8.76. The molecular weight excluding hydrogens is 246 g/mol. The maximum Gasteiger partial charge on any atom is 0.0498 e. The van der Waals surface area contributed by atoms with Crippen LogP contribution in [0.5, 0.6) is 0 Å². The number of rotatable bonds is 6. The maximum atomic E-state index is 8.96. The number of aromatic nitrogens is 1. The van der Waals surface area contributed by atoms with Gasteiger partial charge in [-0.25, -0.2) is 0 Å². The average molecular weight is 266 g/mol. The Labute approximate surface area is 113 Å². The molecule has 1 aromatic heterocycles. The minimum absolute atomic E-state index is 0.227. The number of nitrogens with zero attached hydrogens (tertiary/aromatic N) is 1. The van der Waals surface area contributed by atoms with E-state index < -0.39 is 0 Å². The first-order valence-electron chi connectivity index (χ1n) is 6.64. The van der Waals surface area contributed by atoms with Gasteiger partial charge in [-0.1, -0.05) is 31.0 Å². The van der Waals surface area contributed by atoms with Crippen LogP contribution in [0.2, 0.25) is 5.02 Å². The highest BCUT2D eigenvalue weighted by atomic mass is 35.5. The summed E-state index contributed by atoms with van der Waals surface area (Å²) in [5.74, 6) is 0. The van der Waals surface area contributed by atoms with Gasteiger partial charge >= 0.3 is 0 Å². The first kappa shape index (κ1) is 13.4. The van der Waals surface area contributed by atoms with E-state index in [0.717, 1.165) is 24.4 Å². The Morgan fingerprint density at radius 1 is 1.28 bits per heavy atom. The second-order valence-electron chi connectivity index (χ2n) is 4.69. The quantitative estimate of drug-likeness (QED) is 0.839. The smallest absolute Gasteiger partial charge is 0.0498 e. The van der Waals surface area contributed by atoms with Crippen molar-refractivity contribution in [2.75, 3.05) is 6.61 Å². The van der Waals surface area contributed by atoms with E-state index >= 15 is 0 Å². The van der Waals surface area contributed by atoms with Crippen molar-refractivity contribution in [1.82, 2.24) is 4.57 Å². The molecule has 2 rings (SSSR count). The van der Waals surface area contributed by atoms with Crippen LogP contribution in [0, 0.1) is 0 Å². The molecule has 0 aliphatic heterocycles. The Balaban J connectivity index is 2.39. The molecule has 0 radical (unpaired) electrons. The summed E-state index contributed by atoms with van der Waals surface area (Å²) < 4.78 is 2.21. The topological polar surface area (TPSA) is 25.2 Å². The summed E-state index contributed by atoms with van der Waals surface area (Å²) in [7, 11) is 0. The van der Waals surface area contributed by atoms with Crippen molar-refractivity contribution in [2.45, 2.75) is 39.2 Å². The van der Waals surface area contributed by atoms with Gasteiger partial charge in [0.15, 0.2) is 0 Å². The van der Waals surface area contributed by atoms with Crippen molar-refractivity contribution >= 4 is 22.5 Å². The molecule has 0 unspecified atom stereocenters. The van der Waals surface area contributed by atoms with E-state index in [2.05, 4.69) is 23.8 Å². The molecule has 1 heterocycles. The lowest BCUT2D eigenvalue weighted by Gasteiger charge is -2.03. The van der Waals surface area contributed by atoms with E-state index in [0.29, 0.717) is 0 Å². The van der Waals surface area contributed by atoms with E-state index in [4.69, 9.17) is 16.7 Å². The lowest BCUT2D eigenvalue weighted by molar-refractivity contribution is 0.280. The molecule has 0 amide bonds. The number of benzene rings is 1. The molecule has 0 atom stereocenters. The molecule has 1 aromatic carbocycles. The molecular formula is C15H20ClNO. The summed E-state index contributed by atoms with van der Waals surface area (Å²) in [6.07, 6.45) is 6.52. The van der Waals surface area contributed by atoms with Crippen LogP contribution in [0.15, 0.2) is 24.4 Å². The van der Waals surface area contributed by atoms with Gasteiger partial charge in [-0.3, -0.25) is 0 Å². The lowest BCUT2D eigenvalue weighted by Crippen LogP contribution is -1.98. The summed E-state index contributed by atoms with van der Waals surface area (Å²) >= 11 is 6.08. The highest BCUT2D eigenvalue weighted by Crippen LogP contribution is 2.26. The van der Waals surface area contributed by atoms with Crippen molar-refractivity contribution in [3.63, 3.8) is 0 Å². The number of aliphatic hydroxyl groups excluding tert-OH is 1. The van der Waals surface area contributed by atoms with Crippen LogP contribution in [-0.2, 0) is 13.0 Å². The normalized spacial score (nSPS) is 11.3. The Bertz CT molecular complexity index is 518. The first-order valence-corrected chi connectivity index (χ1v) is 7.02. The molecule has 98 valence electrons. The van der Waals surface area contributed by atoms with Crippen LogP contribution < -0.4 is 0 Å². The van der Waals surface area contributed by atoms with Crippen LogP contribution in [0.25, 0.3) is 10.9 Å². The fourth-order valence-corrected chi connectivity index (χ4v) is 2.50. The molecule has 3 heteroatoms. The monoisotopic (exact) mass is 265 g/mol. The lowest BCUT2D eigenvalue weighted by atomic mass is 10.1. The molecule has 0 aliphatic rings. The third kappa shape index (κ3) is 2.88. The fourth-order valence-electron chi connectivity index (χ4n) is 2.33. The number of aliphatic hydroxyl groups is 1. The van der Waals surface area contributed by atoms with Crippen molar-refractivity contribution in [1.29, 1.82) is 0 Å². The zero-order chi connectivity index (χ0) is 13.0. The zero-order valence-electron chi connectivity index (χ0n) is 10.8. The van der Waals surface area contributed by atoms with E-state index in [1.54, 1.807) is 0 Å². The standard InChI is InChI=1S/C15H20ClNO/c1-2-3-5-12-11-17(8-4-9-18)15-10-13(16)6-7-14(12)15/h6-7,10-11,18H,2-5,8-9H2,1H3. The van der Waals surface area contributed by atoms with Gasteiger partial charge in [0.05, 0.1) is 0 Å². The molecule has 0 aliphatic carbocycles. The molecule has 18 heavy (non-hydrogen) atoms. The predicted molar refractivity (Wildman–Crippen MR) is 77.3 cm³/mol. The number of unbranched alkanes of at least 4 members (excludes halogenated alkanes) is 1. The summed E-state index contributed by atoms with van der Waals surface area (Å²) in [4.78, 5) is 0. The highest BCUT2D eigenvalue weighted by molar-refractivity contribution is 6.31. The van der Waals surface area contributed by atoms with Crippen molar-refractivity contribution in [3.8, 4) is 0 Å². The van der Waals surface area contributed by atoms with E-state index in [-0.39, 0.29) is 6.61 Å². The van der Waals surface area contributed by atoms with Gasteiger partial charge in [0.2, 0.25) is 0 Å². The zero-order valence-corrected chi connectivity index (χ0v) is 11.6. The van der Waals surface area contributed by atoms with Crippen molar-refractivity contribution in [2.24, 2.45) is 0 Å². The molecule has 0 saturated carbocycles. The van der Waals surface area contributed by atoms with Crippen LogP contribution in [-0.4, -0.2) is 16.3 Å². The summed E-state index contributed by atoms with van der Waals surface area (Å²) in [5.41, 5.74) is 2.57. The molecule has 2 aromatic rings. The van der Waals surface area contributed by atoms with Gasteiger partial charge in [0, 0.05) is 35.3 Å². The van der Waals surface area contributed by atoms with Gasteiger partial charge in [-0.2, -0.15) is 0 Å². The van der Waals surface area contributed by atoms with Crippen LogP contribution in [0.4, 0.5) is 0 Å². The van der Waals surface area contributed by atoms with E-state index in [9.17, 15) is 0 Å². The van der Waals surface area contributed by atoms with Gasteiger partial charge < -0.3 is 9.67 Å². The Morgan fingerprint density at radius 2 is 2.11 bits per heavy atom. The minimum Gasteiger partial charge on any atom is -0.396 e. The number of hydrogen-bond donors (Lipinski definition) is 1. The third-order valence-corrected chi connectivity index (χ3v) is 3.52. The average Bonchev–Trinajstić information content (AvgIpc) is 2.71. The number of halogens is 1. The van der Waals surface area contributed by atoms with Gasteiger partial charge in [-0.05, 0) is 37.0 Å². The second-order valence-corrected chi connectivity index (χ2v) is 5.13. The van der Waals surface area contributed by atoms with Crippen molar-refractivity contribution in [3.05, 3.63) is 35.0 Å². The Hall–Kier alpha value is -0.990.